The highest BCUT2D eigenvalue weighted by Crippen LogP contribution is 2.25. The Bertz CT molecular complexity index is 591. The molecule has 0 radical (unpaired) electrons. The van der Waals surface area contributed by atoms with E-state index in [0.29, 0.717) is 15.7 Å². The van der Waals surface area contributed by atoms with E-state index >= 15 is 0 Å². The van der Waals surface area contributed by atoms with E-state index in [1.807, 2.05) is 0 Å². The second kappa shape index (κ2) is 5.68. The van der Waals surface area contributed by atoms with Crippen molar-refractivity contribution in [1.29, 1.82) is 0 Å². The summed E-state index contributed by atoms with van der Waals surface area (Å²) in [6, 6.07) is 4.61. The third kappa shape index (κ3) is 3.02. The van der Waals surface area contributed by atoms with Crippen LogP contribution in [0.1, 0.15) is 6.42 Å². The van der Waals surface area contributed by atoms with Crippen molar-refractivity contribution >= 4 is 46.6 Å². The standard InChI is InChI=1S/C12H11Cl2N3O3/c1-17-12(20)7(11(19)16-17)5-10(18)15-6-2-3-8(13)9(14)4-6/h2-4,7H,5H2,1H3,(H,15,18)(H,16,19). The maximum atomic E-state index is 11.8. The van der Waals surface area contributed by atoms with Crippen LogP contribution in [0.5, 0.6) is 0 Å². The van der Waals surface area contributed by atoms with Gasteiger partial charge in [0, 0.05) is 19.2 Å². The molecule has 20 heavy (non-hydrogen) atoms. The van der Waals surface area contributed by atoms with Crippen molar-refractivity contribution in [3.8, 4) is 0 Å². The van der Waals surface area contributed by atoms with Crippen molar-refractivity contribution in [2.45, 2.75) is 6.42 Å². The number of hydrogen-bond acceptors (Lipinski definition) is 3. The lowest BCUT2D eigenvalue weighted by molar-refractivity contribution is -0.134. The van der Waals surface area contributed by atoms with E-state index in [4.69, 9.17) is 23.2 Å². The summed E-state index contributed by atoms with van der Waals surface area (Å²) in [6.45, 7) is 0. The van der Waals surface area contributed by atoms with Gasteiger partial charge in [0.15, 0.2) is 0 Å². The van der Waals surface area contributed by atoms with Gasteiger partial charge >= 0.3 is 0 Å². The largest absolute Gasteiger partial charge is 0.326 e. The summed E-state index contributed by atoms with van der Waals surface area (Å²) in [6.07, 6.45) is -0.227. The van der Waals surface area contributed by atoms with Crippen LogP contribution in [0.25, 0.3) is 0 Å². The van der Waals surface area contributed by atoms with Crippen LogP contribution in [0.15, 0.2) is 18.2 Å². The fraction of sp³-hybridized carbons (Fsp3) is 0.250. The van der Waals surface area contributed by atoms with Gasteiger partial charge in [-0.2, -0.15) is 0 Å². The zero-order valence-electron chi connectivity index (χ0n) is 10.4. The molecule has 2 N–H and O–H groups in total. The van der Waals surface area contributed by atoms with E-state index in [0.717, 1.165) is 5.01 Å². The predicted molar refractivity (Wildman–Crippen MR) is 74.1 cm³/mol. The van der Waals surface area contributed by atoms with Gasteiger partial charge in [-0.05, 0) is 18.2 Å². The molecule has 1 saturated heterocycles. The summed E-state index contributed by atoms with van der Waals surface area (Å²) in [5.41, 5.74) is 2.78. The number of benzene rings is 1. The molecule has 106 valence electrons. The van der Waals surface area contributed by atoms with Gasteiger partial charge in [0.25, 0.3) is 11.8 Å². The molecule has 1 fully saturated rings. The summed E-state index contributed by atoms with van der Waals surface area (Å²) in [5, 5.41) is 4.31. The molecule has 6 nitrogen and oxygen atoms in total. The van der Waals surface area contributed by atoms with Crippen LogP contribution in [0.2, 0.25) is 10.0 Å². The Hall–Kier alpha value is -1.79. The minimum absolute atomic E-state index is 0.227. The monoisotopic (exact) mass is 315 g/mol. The molecule has 1 atom stereocenters. The average Bonchev–Trinajstić information content (AvgIpc) is 2.61. The number of nitrogens with zero attached hydrogens (tertiary/aromatic N) is 1. The molecule has 1 heterocycles. The van der Waals surface area contributed by atoms with Gasteiger partial charge in [-0.15, -0.1) is 0 Å². The van der Waals surface area contributed by atoms with E-state index < -0.39 is 23.6 Å². The molecular formula is C12H11Cl2N3O3. The quantitative estimate of drug-likeness (QED) is 0.828. The number of carbonyl (C=O) groups is 3. The van der Waals surface area contributed by atoms with Crippen LogP contribution < -0.4 is 10.7 Å². The van der Waals surface area contributed by atoms with E-state index in [2.05, 4.69) is 10.7 Å². The fourth-order valence-electron chi connectivity index (χ4n) is 1.80. The Labute approximate surface area is 125 Å². The molecule has 0 saturated carbocycles. The molecule has 0 aliphatic carbocycles. The second-order valence-electron chi connectivity index (χ2n) is 4.31. The summed E-state index contributed by atoms with van der Waals surface area (Å²) < 4.78 is 0. The van der Waals surface area contributed by atoms with Crippen LogP contribution in [0.4, 0.5) is 5.69 Å². The number of rotatable bonds is 3. The Morgan fingerprint density at radius 2 is 2.05 bits per heavy atom. The first kappa shape index (κ1) is 14.6. The first-order valence-electron chi connectivity index (χ1n) is 5.71. The summed E-state index contributed by atoms with van der Waals surface area (Å²) in [5.74, 6) is -2.36. The summed E-state index contributed by atoms with van der Waals surface area (Å²) in [7, 11) is 1.43. The molecule has 3 amide bonds. The Morgan fingerprint density at radius 1 is 1.35 bits per heavy atom. The van der Waals surface area contributed by atoms with Crippen LogP contribution in [0.3, 0.4) is 0 Å². The zero-order valence-corrected chi connectivity index (χ0v) is 12.0. The van der Waals surface area contributed by atoms with E-state index in [-0.39, 0.29) is 6.42 Å². The molecule has 8 heteroatoms. The van der Waals surface area contributed by atoms with Gasteiger partial charge in [-0.3, -0.25) is 24.8 Å². The lowest BCUT2D eigenvalue weighted by Gasteiger charge is -2.08. The maximum absolute atomic E-state index is 11.8. The Kier molecular flexibility index (Phi) is 4.15. The Balaban J connectivity index is 2.00. The third-order valence-corrected chi connectivity index (χ3v) is 3.55. The predicted octanol–water partition coefficient (Wildman–Crippen LogP) is 1.44. The zero-order chi connectivity index (χ0) is 14.9. The number of hydrazine groups is 1. The van der Waals surface area contributed by atoms with Gasteiger partial charge in [-0.1, -0.05) is 23.2 Å². The summed E-state index contributed by atoms with van der Waals surface area (Å²) >= 11 is 11.6. The smallest absolute Gasteiger partial charge is 0.253 e. The third-order valence-electron chi connectivity index (χ3n) is 2.82. The molecule has 1 aliphatic heterocycles. The fourth-order valence-corrected chi connectivity index (χ4v) is 2.09. The maximum Gasteiger partial charge on any atom is 0.253 e. The van der Waals surface area contributed by atoms with Crippen molar-refractivity contribution in [2.24, 2.45) is 5.92 Å². The number of anilines is 1. The molecule has 0 aromatic heterocycles. The first-order valence-corrected chi connectivity index (χ1v) is 6.47. The van der Waals surface area contributed by atoms with Crippen molar-refractivity contribution in [3.63, 3.8) is 0 Å². The SMILES string of the molecule is CN1NC(=O)C(CC(=O)Nc2ccc(Cl)c(Cl)c2)C1=O. The Morgan fingerprint density at radius 3 is 2.60 bits per heavy atom. The highest BCUT2D eigenvalue weighted by atomic mass is 35.5. The van der Waals surface area contributed by atoms with Crippen molar-refractivity contribution in [2.75, 3.05) is 12.4 Å². The van der Waals surface area contributed by atoms with E-state index in [1.54, 1.807) is 12.1 Å². The van der Waals surface area contributed by atoms with Crippen LogP contribution >= 0.6 is 23.2 Å². The minimum Gasteiger partial charge on any atom is -0.326 e. The highest BCUT2D eigenvalue weighted by molar-refractivity contribution is 6.42. The van der Waals surface area contributed by atoms with Crippen LogP contribution in [-0.2, 0) is 14.4 Å². The number of amides is 3. The van der Waals surface area contributed by atoms with Crippen LogP contribution in [0, 0.1) is 5.92 Å². The highest BCUT2D eigenvalue weighted by Gasteiger charge is 2.38. The number of carbonyl (C=O) groups excluding carboxylic acids is 3. The van der Waals surface area contributed by atoms with Gasteiger partial charge in [-0.25, -0.2) is 0 Å². The van der Waals surface area contributed by atoms with E-state index in [9.17, 15) is 14.4 Å². The van der Waals surface area contributed by atoms with Crippen molar-refractivity contribution in [3.05, 3.63) is 28.2 Å². The summed E-state index contributed by atoms with van der Waals surface area (Å²) in [4.78, 5) is 34.9. The number of halogens is 2. The molecule has 2 rings (SSSR count). The van der Waals surface area contributed by atoms with Crippen molar-refractivity contribution < 1.29 is 14.4 Å². The second-order valence-corrected chi connectivity index (χ2v) is 5.12. The number of hydrogen-bond donors (Lipinski definition) is 2. The number of nitrogens with one attached hydrogen (secondary N) is 2. The molecule has 0 bridgehead atoms. The molecular weight excluding hydrogens is 305 g/mol. The van der Waals surface area contributed by atoms with Crippen molar-refractivity contribution in [1.82, 2.24) is 10.4 Å². The van der Waals surface area contributed by atoms with Gasteiger partial charge in [0.05, 0.1) is 10.0 Å². The molecule has 1 unspecified atom stereocenters. The van der Waals surface area contributed by atoms with Crippen LogP contribution in [-0.4, -0.2) is 29.8 Å². The lowest BCUT2D eigenvalue weighted by atomic mass is 10.0. The van der Waals surface area contributed by atoms with E-state index in [1.165, 1.54) is 13.1 Å². The molecule has 1 aliphatic rings. The van der Waals surface area contributed by atoms with Gasteiger partial charge in [0.2, 0.25) is 5.91 Å². The topological polar surface area (TPSA) is 78.5 Å². The van der Waals surface area contributed by atoms with Gasteiger partial charge in [0.1, 0.15) is 5.92 Å². The lowest BCUT2D eigenvalue weighted by Crippen LogP contribution is -2.31. The average molecular weight is 316 g/mol. The normalized spacial score (nSPS) is 18.1. The minimum atomic E-state index is -0.997. The molecule has 1 aromatic rings. The van der Waals surface area contributed by atoms with Gasteiger partial charge < -0.3 is 5.32 Å². The first-order chi connectivity index (χ1) is 9.38. The molecule has 0 spiro atoms. The molecule has 1 aromatic carbocycles.